The molecule has 0 aromatic heterocycles. The van der Waals surface area contributed by atoms with Gasteiger partial charge in [-0.25, -0.2) is 4.39 Å². The first-order valence-electron chi connectivity index (χ1n) is 10.6. The zero-order valence-corrected chi connectivity index (χ0v) is 18.2. The van der Waals surface area contributed by atoms with E-state index in [1.165, 1.54) is 17.0 Å². The van der Waals surface area contributed by atoms with Crippen LogP contribution in [0.4, 0.5) is 4.39 Å². The van der Waals surface area contributed by atoms with Crippen LogP contribution < -0.4 is 0 Å². The minimum Gasteiger partial charge on any atom is -0.507 e. The molecule has 2 aliphatic heterocycles. The third kappa shape index (κ3) is 4.55. The van der Waals surface area contributed by atoms with Crippen LogP contribution in [-0.2, 0) is 14.3 Å². The van der Waals surface area contributed by atoms with E-state index in [0.717, 1.165) is 19.6 Å². The van der Waals surface area contributed by atoms with Gasteiger partial charge in [0.05, 0.1) is 24.8 Å². The summed E-state index contributed by atoms with van der Waals surface area (Å²) >= 11 is 5.93. The average molecular weight is 459 g/mol. The van der Waals surface area contributed by atoms with Crippen molar-refractivity contribution in [2.45, 2.75) is 12.5 Å². The van der Waals surface area contributed by atoms with Gasteiger partial charge in [-0.15, -0.1) is 0 Å². The lowest BCUT2D eigenvalue weighted by atomic mass is 9.95. The number of hydrogen-bond donors (Lipinski definition) is 1. The van der Waals surface area contributed by atoms with Crippen molar-refractivity contribution in [2.75, 3.05) is 39.4 Å². The third-order valence-electron chi connectivity index (χ3n) is 5.83. The summed E-state index contributed by atoms with van der Waals surface area (Å²) in [6.45, 7) is 3.95. The number of likely N-dealkylation sites (tertiary alicyclic amines) is 1. The van der Waals surface area contributed by atoms with Crippen molar-refractivity contribution >= 4 is 29.1 Å². The number of halogens is 2. The Hall–Kier alpha value is -2.74. The van der Waals surface area contributed by atoms with E-state index in [-0.39, 0.29) is 23.4 Å². The van der Waals surface area contributed by atoms with Crippen LogP contribution in [0.3, 0.4) is 0 Å². The van der Waals surface area contributed by atoms with Crippen LogP contribution in [0.15, 0.2) is 54.1 Å². The molecule has 1 atom stereocenters. The molecule has 6 nitrogen and oxygen atoms in total. The van der Waals surface area contributed by atoms with Crippen molar-refractivity contribution in [3.63, 3.8) is 0 Å². The van der Waals surface area contributed by atoms with Gasteiger partial charge in [0.25, 0.3) is 11.7 Å². The first-order valence-corrected chi connectivity index (χ1v) is 10.9. The van der Waals surface area contributed by atoms with Crippen molar-refractivity contribution in [3.8, 4) is 0 Å². The molecule has 0 aliphatic carbocycles. The fourth-order valence-corrected chi connectivity index (χ4v) is 4.31. The summed E-state index contributed by atoms with van der Waals surface area (Å²) in [6, 6.07) is 11.3. The maximum absolute atomic E-state index is 14.8. The summed E-state index contributed by atoms with van der Waals surface area (Å²) in [6.07, 6.45) is 0.610. The maximum Gasteiger partial charge on any atom is 0.295 e. The molecular weight excluding hydrogens is 435 g/mol. The van der Waals surface area contributed by atoms with Crippen molar-refractivity contribution in [1.82, 2.24) is 9.80 Å². The Morgan fingerprint density at radius 1 is 1.06 bits per heavy atom. The number of ether oxygens (including phenoxy) is 1. The van der Waals surface area contributed by atoms with Crippen LogP contribution >= 0.6 is 11.6 Å². The molecule has 1 amide bonds. The van der Waals surface area contributed by atoms with E-state index in [9.17, 15) is 19.1 Å². The van der Waals surface area contributed by atoms with Crippen LogP contribution in [0, 0.1) is 5.82 Å². The predicted octanol–water partition coefficient (Wildman–Crippen LogP) is 3.62. The summed E-state index contributed by atoms with van der Waals surface area (Å²) in [5, 5.41) is 11.4. The number of amides is 1. The smallest absolute Gasteiger partial charge is 0.295 e. The highest BCUT2D eigenvalue weighted by Crippen LogP contribution is 2.40. The molecule has 0 spiro atoms. The van der Waals surface area contributed by atoms with Crippen LogP contribution in [-0.4, -0.2) is 66.0 Å². The van der Waals surface area contributed by atoms with Crippen molar-refractivity contribution in [1.29, 1.82) is 0 Å². The lowest BCUT2D eigenvalue weighted by Crippen LogP contribution is -2.39. The minimum atomic E-state index is -1.00. The third-order valence-corrected chi connectivity index (χ3v) is 6.09. The fourth-order valence-electron chi connectivity index (χ4n) is 4.18. The van der Waals surface area contributed by atoms with Gasteiger partial charge in [-0.3, -0.25) is 14.5 Å². The number of rotatable bonds is 6. The molecule has 2 aliphatic rings. The highest BCUT2D eigenvalue weighted by atomic mass is 35.5. The predicted molar refractivity (Wildman–Crippen MR) is 119 cm³/mol. The lowest BCUT2D eigenvalue weighted by Gasteiger charge is -2.29. The normalized spacial score (nSPS) is 21.3. The molecule has 0 unspecified atom stereocenters. The molecule has 2 fully saturated rings. The number of hydrogen-bond acceptors (Lipinski definition) is 5. The van der Waals surface area contributed by atoms with E-state index in [1.54, 1.807) is 36.4 Å². The molecule has 168 valence electrons. The van der Waals surface area contributed by atoms with E-state index < -0.39 is 23.5 Å². The van der Waals surface area contributed by atoms with E-state index in [2.05, 4.69) is 4.90 Å². The molecule has 8 heteroatoms. The van der Waals surface area contributed by atoms with Crippen LogP contribution in [0.25, 0.3) is 5.76 Å². The topological polar surface area (TPSA) is 70.1 Å². The standard InChI is InChI=1S/C24H24ClFN2O4/c25-17-8-6-16(7-9-17)22(29)20-21(18-4-1-2-5-19(18)26)28(24(31)23(20)30)11-3-10-27-12-14-32-15-13-27/h1-2,4-9,21,29H,3,10-15H2/b22-20+/t21-/m0/s1. The molecule has 0 bridgehead atoms. The number of aliphatic hydroxyl groups is 1. The van der Waals surface area contributed by atoms with Gasteiger partial charge in [0.1, 0.15) is 11.6 Å². The maximum atomic E-state index is 14.8. The summed E-state index contributed by atoms with van der Waals surface area (Å²) in [5.74, 6) is -2.45. The Bertz CT molecular complexity index is 1030. The average Bonchev–Trinajstić information content (AvgIpc) is 3.05. The number of morpholine rings is 1. The van der Waals surface area contributed by atoms with Gasteiger partial charge < -0.3 is 14.7 Å². The highest BCUT2D eigenvalue weighted by Gasteiger charge is 2.46. The van der Waals surface area contributed by atoms with Gasteiger partial charge in [-0.05, 0) is 36.8 Å². The number of nitrogens with zero attached hydrogens (tertiary/aromatic N) is 2. The van der Waals surface area contributed by atoms with E-state index >= 15 is 0 Å². The molecule has 32 heavy (non-hydrogen) atoms. The van der Waals surface area contributed by atoms with E-state index in [0.29, 0.717) is 30.2 Å². The molecule has 0 saturated carbocycles. The van der Waals surface area contributed by atoms with Gasteiger partial charge in [0.2, 0.25) is 0 Å². The van der Waals surface area contributed by atoms with E-state index in [4.69, 9.17) is 16.3 Å². The number of carbonyl (C=O) groups excluding carboxylic acids is 2. The summed E-state index contributed by atoms with van der Waals surface area (Å²) in [5.41, 5.74) is 0.393. The minimum absolute atomic E-state index is 0.117. The Labute approximate surface area is 190 Å². The second-order valence-corrected chi connectivity index (χ2v) is 8.26. The molecule has 2 heterocycles. The van der Waals surface area contributed by atoms with Gasteiger partial charge in [0.15, 0.2) is 0 Å². The monoisotopic (exact) mass is 458 g/mol. The molecule has 0 radical (unpaired) electrons. The zero-order chi connectivity index (χ0) is 22.7. The van der Waals surface area contributed by atoms with Crippen molar-refractivity contribution in [2.24, 2.45) is 0 Å². The van der Waals surface area contributed by atoms with Crippen molar-refractivity contribution in [3.05, 3.63) is 76.1 Å². The van der Waals surface area contributed by atoms with Gasteiger partial charge >= 0.3 is 0 Å². The van der Waals surface area contributed by atoms with Gasteiger partial charge in [-0.1, -0.05) is 29.8 Å². The second kappa shape index (κ2) is 9.81. The number of Topliss-reactive ketones (excluding diaryl/α,β-unsaturated/α-hetero) is 1. The quantitative estimate of drug-likeness (QED) is 0.407. The lowest BCUT2D eigenvalue weighted by molar-refractivity contribution is -0.140. The zero-order valence-electron chi connectivity index (χ0n) is 17.5. The fraction of sp³-hybridized carbons (Fsp3) is 0.333. The first kappa shape index (κ1) is 22.5. The van der Waals surface area contributed by atoms with E-state index in [1.807, 2.05) is 0 Å². The Kier molecular flexibility index (Phi) is 6.89. The first-order chi connectivity index (χ1) is 15.5. The van der Waals surface area contributed by atoms with Crippen LogP contribution in [0.1, 0.15) is 23.6 Å². The van der Waals surface area contributed by atoms with Crippen molar-refractivity contribution < 1.29 is 23.8 Å². The molecule has 2 aromatic rings. The Morgan fingerprint density at radius 3 is 2.44 bits per heavy atom. The largest absolute Gasteiger partial charge is 0.507 e. The van der Waals surface area contributed by atoms with Crippen LogP contribution in [0.5, 0.6) is 0 Å². The summed E-state index contributed by atoms with van der Waals surface area (Å²) < 4.78 is 20.1. The second-order valence-electron chi connectivity index (χ2n) is 7.83. The Balaban J connectivity index is 1.68. The van der Waals surface area contributed by atoms with Gasteiger partial charge in [-0.2, -0.15) is 0 Å². The Morgan fingerprint density at radius 2 is 1.75 bits per heavy atom. The molecule has 2 aromatic carbocycles. The number of benzene rings is 2. The number of aliphatic hydroxyl groups excluding tert-OH is 1. The summed E-state index contributed by atoms with van der Waals surface area (Å²) in [7, 11) is 0. The number of carbonyl (C=O) groups is 2. The molecule has 4 rings (SSSR count). The molecule has 1 N–H and O–H groups in total. The molecular formula is C24H24ClFN2O4. The van der Waals surface area contributed by atoms with Crippen LogP contribution in [0.2, 0.25) is 5.02 Å². The number of ketones is 1. The highest BCUT2D eigenvalue weighted by molar-refractivity contribution is 6.46. The SMILES string of the molecule is O=C1C(=O)N(CCCN2CCOCC2)[C@@H](c2ccccc2F)/C1=C(\O)c1ccc(Cl)cc1. The van der Waals surface area contributed by atoms with Gasteiger partial charge in [0, 0.05) is 42.3 Å². The summed E-state index contributed by atoms with van der Waals surface area (Å²) in [4.78, 5) is 29.5. The molecule has 2 saturated heterocycles.